The summed E-state index contributed by atoms with van der Waals surface area (Å²) in [6.07, 6.45) is 0. The molecule has 1 heterocycles. The maximum absolute atomic E-state index is 12.3. The second kappa shape index (κ2) is 8.55. The van der Waals surface area contributed by atoms with E-state index in [1.165, 1.54) is 11.3 Å². The van der Waals surface area contributed by atoms with Crippen molar-refractivity contribution in [2.24, 2.45) is 0 Å². The minimum Gasteiger partial charge on any atom is -0.394 e. The Hall–Kier alpha value is -2.77. The number of urea groups is 1. The first-order valence-corrected chi connectivity index (χ1v) is 9.11. The van der Waals surface area contributed by atoms with E-state index in [1.807, 2.05) is 67.6 Å². The molecule has 0 saturated heterocycles. The van der Waals surface area contributed by atoms with Crippen molar-refractivity contribution in [2.45, 2.75) is 18.9 Å². The quantitative estimate of drug-likeness (QED) is 0.621. The van der Waals surface area contributed by atoms with Crippen molar-refractivity contribution in [1.29, 1.82) is 0 Å². The van der Waals surface area contributed by atoms with Crippen LogP contribution in [0, 0.1) is 0 Å². The maximum atomic E-state index is 12.3. The molecule has 2 amide bonds. The lowest BCUT2D eigenvalue weighted by Crippen LogP contribution is -2.43. The third-order valence-electron chi connectivity index (χ3n) is 4.11. The highest BCUT2D eigenvalue weighted by atomic mass is 32.1. The van der Waals surface area contributed by atoms with Crippen molar-refractivity contribution in [3.05, 3.63) is 66.2 Å². The summed E-state index contributed by atoms with van der Waals surface area (Å²) in [5, 5.41) is 24.4. The number of rotatable bonds is 6. The first-order chi connectivity index (χ1) is 12.7. The smallest absolute Gasteiger partial charge is 0.321 e. The molecule has 3 rings (SSSR count). The highest BCUT2D eigenvalue weighted by molar-refractivity contribution is 7.18. The number of amides is 2. The number of anilines is 1. The van der Waals surface area contributed by atoms with Crippen LogP contribution < -0.4 is 10.6 Å². The van der Waals surface area contributed by atoms with Gasteiger partial charge >= 0.3 is 6.03 Å². The van der Waals surface area contributed by atoms with E-state index in [2.05, 4.69) is 20.8 Å². The number of aromatic nitrogens is 2. The van der Waals surface area contributed by atoms with Crippen LogP contribution in [0.25, 0.3) is 10.6 Å². The van der Waals surface area contributed by atoms with Gasteiger partial charge in [-0.05, 0) is 5.56 Å². The van der Waals surface area contributed by atoms with Gasteiger partial charge in [-0.1, -0.05) is 78.9 Å². The molecule has 2 aromatic carbocycles. The van der Waals surface area contributed by atoms with E-state index in [4.69, 9.17) is 0 Å². The minimum absolute atomic E-state index is 0.0266. The highest BCUT2D eigenvalue weighted by Gasteiger charge is 2.21. The number of hydrogen-bond donors (Lipinski definition) is 3. The highest BCUT2D eigenvalue weighted by Crippen LogP contribution is 2.26. The van der Waals surface area contributed by atoms with Crippen molar-refractivity contribution in [1.82, 2.24) is 15.5 Å². The third-order valence-corrected chi connectivity index (χ3v) is 5.00. The van der Waals surface area contributed by atoms with Gasteiger partial charge in [0.1, 0.15) is 5.01 Å². The van der Waals surface area contributed by atoms with E-state index in [9.17, 15) is 9.90 Å². The van der Waals surface area contributed by atoms with E-state index in [-0.39, 0.29) is 12.5 Å². The van der Waals surface area contributed by atoms with Gasteiger partial charge in [0.15, 0.2) is 0 Å². The minimum atomic E-state index is -0.414. The average Bonchev–Trinajstić information content (AvgIpc) is 3.15. The molecular weight excluding hydrogens is 348 g/mol. The molecule has 0 aliphatic heterocycles. The van der Waals surface area contributed by atoms with Crippen molar-refractivity contribution < 1.29 is 9.90 Å². The Morgan fingerprint density at radius 1 is 1.08 bits per heavy atom. The summed E-state index contributed by atoms with van der Waals surface area (Å²) in [6, 6.07) is 18.6. The van der Waals surface area contributed by atoms with Crippen molar-refractivity contribution in [3.63, 3.8) is 0 Å². The van der Waals surface area contributed by atoms with Crippen LogP contribution in [0.4, 0.5) is 9.93 Å². The molecule has 2 atom stereocenters. The monoisotopic (exact) mass is 368 g/mol. The molecule has 26 heavy (non-hydrogen) atoms. The van der Waals surface area contributed by atoms with Crippen molar-refractivity contribution >= 4 is 22.5 Å². The summed E-state index contributed by atoms with van der Waals surface area (Å²) in [7, 11) is 0. The molecule has 0 aliphatic rings. The number of carbonyl (C=O) groups excluding carboxylic acids is 1. The Labute approximate surface area is 155 Å². The standard InChI is InChI=1S/C19H20N4O2S/c1-13(14-8-4-2-5-9-14)16(12-24)20-18(25)21-19-23-22-17(26-19)15-10-6-3-7-11-15/h2-11,13,16,24H,12H2,1H3,(H2,20,21,23,25). The van der Waals surface area contributed by atoms with E-state index in [1.54, 1.807) is 0 Å². The van der Waals surface area contributed by atoms with Crippen molar-refractivity contribution in [2.75, 3.05) is 11.9 Å². The lowest BCUT2D eigenvalue weighted by molar-refractivity contribution is 0.215. The topological polar surface area (TPSA) is 87.1 Å². The Kier molecular flexibility index (Phi) is 5.93. The zero-order valence-corrected chi connectivity index (χ0v) is 15.1. The number of benzene rings is 2. The molecule has 0 radical (unpaired) electrons. The summed E-state index contributed by atoms with van der Waals surface area (Å²) in [4.78, 5) is 12.3. The number of aliphatic hydroxyl groups is 1. The predicted molar refractivity (Wildman–Crippen MR) is 103 cm³/mol. The Morgan fingerprint density at radius 3 is 2.38 bits per heavy atom. The van der Waals surface area contributed by atoms with Gasteiger partial charge in [0.25, 0.3) is 0 Å². The van der Waals surface area contributed by atoms with Crippen LogP contribution in [-0.4, -0.2) is 34.0 Å². The van der Waals surface area contributed by atoms with E-state index in [0.29, 0.717) is 5.13 Å². The zero-order valence-electron chi connectivity index (χ0n) is 14.3. The molecule has 2 unspecified atom stereocenters. The number of nitrogens with zero attached hydrogens (tertiary/aromatic N) is 2. The van der Waals surface area contributed by atoms with Gasteiger partial charge < -0.3 is 10.4 Å². The molecule has 3 N–H and O–H groups in total. The predicted octanol–water partition coefficient (Wildman–Crippen LogP) is 3.49. The van der Waals surface area contributed by atoms with Gasteiger partial charge in [0.2, 0.25) is 5.13 Å². The number of nitrogens with one attached hydrogen (secondary N) is 2. The molecule has 0 aliphatic carbocycles. The van der Waals surface area contributed by atoms with Gasteiger partial charge in [0, 0.05) is 11.5 Å². The zero-order chi connectivity index (χ0) is 18.4. The van der Waals surface area contributed by atoms with E-state index >= 15 is 0 Å². The number of hydrogen-bond acceptors (Lipinski definition) is 5. The number of carbonyl (C=O) groups is 1. The van der Waals surface area contributed by atoms with Gasteiger partial charge in [-0.2, -0.15) is 0 Å². The summed E-state index contributed by atoms with van der Waals surface area (Å²) >= 11 is 1.30. The molecule has 0 spiro atoms. The van der Waals surface area contributed by atoms with Crippen molar-refractivity contribution in [3.8, 4) is 10.6 Å². The van der Waals surface area contributed by atoms with Crippen LogP contribution in [0.15, 0.2) is 60.7 Å². The largest absolute Gasteiger partial charge is 0.394 e. The first-order valence-electron chi connectivity index (χ1n) is 8.29. The third kappa shape index (κ3) is 4.44. The normalized spacial score (nSPS) is 13.0. The molecule has 0 saturated carbocycles. The molecule has 0 fully saturated rings. The van der Waals surface area contributed by atoms with Crippen LogP contribution in [0.3, 0.4) is 0 Å². The lowest BCUT2D eigenvalue weighted by Gasteiger charge is -2.23. The molecule has 7 heteroatoms. The van der Waals surface area contributed by atoms with Crippen LogP contribution in [0.2, 0.25) is 0 Å². The Morgan fingerprint density at radius 2 is 1.73 bits per heavy atom. The SMILES string of the molecule is CC(c1ccccc1)C(CO)NC(=O)Nc1nnc(-c2ccccc2)s1. The van der Waals surface area contributed by atoms with E-state index < -0.39 is 12.1 Å². The molecule has 6 nitrogen and oxygen atoms in total. The molecule has 3 aromatic rings. The van der Waals surface area contributed by atoms with Crippen LogP contribution >= 0.6 is 11.3 Å². The van der Waals surface area contributed by atoms with Gasteiger partial charge in [-0.15, -0.1) is 10.2 Å². The van der Waals surface area contributed by atoms with E-state index in [0.717, 1.165) is 16.1 Å². The van der Waals surface area contributed by atoms with Gasteiger partial charge in [-0.3, -0.25) is 5.32 Å². The first kappa shape index (κ1) is 18.0. The maximum Gasteiger partial charge on any atom is 0.321 e. The van der Waals surface area contributed by atoms with Crippen LogP contribution in [0.1, 0.15) is 18.4 Å². The lowest BCUT2D eigenvalue weighted by atomic mass is 9.94. The van der Waals surface area contributed by atoms with Crippen LogP contribution in [0.5, 0.6) is 0 Å². The van der Waals surface area contributed by atoms with Gasteiger partial charge in [-0.25, -0.2) is 4.79 Å². The second-order valence-corrected chi connectivity index (χ2v) is 6.84. The molecule has 0 bridgehead atoms. The summed E-state index contributed by atoms with van der Waals surface area (Å²) in [6.45, 7) is 1.81. The molecular formula is C19H20N4O2S. The summed E-state index contributed by atoms with van der Waals surface area (Å²) in [5.41, 5.74) is 2.00. The Balaban J connectivity index is 1.62. The Bertz CT molecular complexity index is 839. The van der Waals surface area contributed by atoms with Crippen LogP contribution in [-0.2, 0) is 0 Å². The fraction of sp³-hybridized carbons (Fsp3) is 0.211. The molecule has 1 aromatic heterocycles. The second-order valence-electron chi connectivity index (χ2n) is 5.87. The number of aliphatic hydroxyl groups excluding tert-OH is 1. The fourth-order valence-electron chi connectivity index (χ4n) is 2.59. The summed E-state index contributed by atoms with van der Waals surface area (Å²) < 4.78 is 0. The average molecular weight is 368 g/mol. The molecule has 134 valence electrons. The fourth-order valence-corrected chi connectivity index (χ4v) is 3.33. The summed E-state index contributed by atoms with van der Waals surface area (Å²) in [5.74, 6) is -0.0266. The van der Waals surface area contributed by atoms with Gasteiger partial charge in [0.05, 0.1) is 12.6 Å².